The summed E-state index contributed by atoms with van der Waals surface area (Å²) in [7, 11) is 0. The van der Waals surface area contributed by atoms with Crippen LogP contribution in [0.3, 0.4) is 0 Å². The second-order valence-corrected chi connectivity index (χ2v) is 10.8. The third-order valence-electron chi connectivity index (χ3n) is 8.55. The molecule has 5 atom stereocenters. The van der Waals surface area contributed by atoms with E-state index in [1.54, 1.807) is 4.90 Å². The number of carbonyl (C=O) groups is 3. The van der Waals surface area contributed by atoms with E-state index in [4.69, 9.17) is 9.47 Å². The maximum atomic E-state index is 13.9. The maximum Gasteiger partial charge on any atom is 0.245 e. The van der Waals surface area contributed by atoms with Gasteiger partial charge in [0.1, 0.15) is 11.6 Å². The van der Waals surface area contributed by atoms with Gasteiger partial charge in [0.15, 0.2) is 0 Å². The number of aliphatic hydroxyl groups excluding tert-OH is 1. The molecule has 0 aromatic heterocycles. The summed E-state index contributed by atoms with van der Waals surface area (Å²) in [6.45, 7) is 5.15. The van der Waals surface area contributed by atoms with Crippen LogP contribution in [0, 0.1) is 11.8 Å². The number of rotatable bonds is 12. The lowest BCUT2D eigenvalue weighted by molar-refractivity contribution is -0.142. The van der Waals surface area contributed by atoms with Gasteiger partial charge in [-0.25, -0.2) is 0 Å². The van der Waals surface area contributed by atoms with Crippen LogP contribution in [0.5, 0.6) is 0 Å². The van der Waals surface area contributed by atoms with Crippen LogP contribution in [0.4, 0.5) is 0 Å². The monoisotopic (exact) mass is 528 g/mol. The Morgan fingerprint density at radius 2 is 1.82 bits per heavy atom. The zero-order valence-corrected chi connectivity index (χ0v) is 22.0. The number of carbonyl (C=O) groups excluding carboxylic acids is 3. The predicted molar refractivity (Wildman–Crippen MR) is 139 cm³/mol. The van der Waals surface area contributed by atoms with Crippen molar-refractivity contribution in [3.05, 3.63) is 35.9 Å². The Hall–Kier alpha value is -2.53. The molecular weight excluding hydrogens is 488 g/mol. The van der Waals surface area contributed by atoms with Gasteiger partial charge in [-0.2, -0.15) is 0 Å². The van der Waals surface area contributed by atoms with E-state index in [9.17, 15) is 19.5 Å². The van der Waals surface area contributed by atoms with Gasteiger partial charge in [0.05, 0.1) is 31.2 Å². The molecule has 38 heavy (non-hydrogen) atoms. The normalized spacial score (nSPS) is 30.4. The number of fused-ring (bicyclic) bond motifs is 1. The van der Waals surface area contributed by atoms with Gasteiger partial charge in [0.2, 0.25) is 17.7 Å². The van der Waals surface area contributed by atoms with Crippen LogP contribution < -0.4 is 10.6 Å². The Morgan fingerprint density at radius 3 is 2.58 bits per heavy atom. The molecule has 3 amide bonds. The van der Waals surface area contributed by atoms with E-state index in [-0.39, 0.29) is 30.4 Å². The second kappa shape index (κ2) is 12.1. The topological polar surface area (TPSA) is 120 Å². The van der Waals surface area contributed by atoms with E-state index in [1.807, 2.05) is 30.3 Å². The van der Waals surface area contributed by atoms with Crippen molar-refractivity contribution in [2.24, 2.45) is 11.8 Å². The molecule has 0 aliphatic carbocycles. The fourth-order valence-corrected chi connectivity index (χ4v) is 6.73. The van der Waals surface area contributed by atoms with Crippen molar-refractivity contribution >= 4 is 17.7 Å². The standard InChI is InChI=1S/C28H40N4O6/c33-16-6-2-5-12-32-24(26(35)29-11-13-31-14-17-37-18-15-31)28-10-9-21(38-28)22(23(28)27(32)36)25(34)30-19-20-7-3-1-4-8-20/h1,3-4,7-8,21-24,33H,2,5-6,9-19H2,(H,29,35)(H,30,34)/t21-,22+,23-,24?,28?/m0/s1. The number of morpholine rings is 1. The number of likely N-dealkylation sites (tertiary alicyclic amines) is 1. The average molecular weight is 529 g/mol. The highest BCUT2D eigenvalue weighted by Gasteiger charge is 2.74. The maximum absolute atomic E-state index is 13.9. The predicted octanol–water partition coefficient (Wildman–Crippen LogP) is 0.288. The highest BCUT2D eigenvalue weighted by atomic mass is 16.5. The molecule has 4 aliphatic rings. The molecule has 10 nitrogen and oxygen atoms in total. The van der Waals surface area contributed by atoms with Gasteiger partial charge in [-0.05, 0) is 37.7 Å². The molecule has 4 aliphatic heterocycles. The molecule has 1 spiro atoms. The molecule has 4 heterocycles. The smallest absolute Gasteiger partial charge is 0.245 e. The summed E-state index contributed by atoms with van der Waals surface area (Å²) >= 11 is 0. The van der Waals surface area contributed by atoms with Gasteiger partial charge in [0, 0.05) is 45.9 Å². The molecule has 4 fully saturated rings. The fourth-order valence-electron chi connectivity index (χ4n) is 6.73. The van der Waals surface area contributed by atoms with Crippen LogP contribution >= 0.6 is 0 Å². The number of hydrogen-bond acceptors (Lipinski definition) is 7. The van der Waals surface area contributed by atoms with Crippen molar-refractivity contribution in [1.29, 1.82) is 0 Å². The van der Waals surface area contributed by atoms with Crippen LogP contribution in [0.1, 0.15) is 37.7 Å². The van der Waals surface area contributed by atoms with E-state index < -0.39 is 23.5 Å². The molecule has 208 valence electrons. The fraction of sp³-hybridized carbons (Fsp3) is 0.679. The van der Waals surface area contributed by atoms with E-state index in [0.29, 0.717) is 58.5 Å². The number of aliphatic hydroxyl groups is 1. The third kappa shape index (κ3) is 5.32. The summed E-state index contributed by atoms with van der Waals surface area (Å²) in [6, 6.07) is 8.92. The zero-order chi connectivity index (χ0) is 26.5. The number of ether oxygens (including phenoxy) is 2. The summed E-state index contributed by atoms with van der Waals surface area (Å²) in [5.41, 5.74) is 0.0108. The first kappa shape index (κ1) is 27.1. The lowest BCUT2D eigenvalue weighted by Gasteiger charge is -2.34. The van der Waals surface area contributed by atoms with Crippen LogP contribution in [-0.4, -0.2) is 103 Å². The van der Waals surface area contributed by atoms with Gasteiger partial charge in [0.25, 0.3) is 0 Å². The zero-order valence-electron chi connectivity index (χ0n) is 22.0. The number of nitrogens with one attached hydrogen (secondary N) is 2. The van der Waals surface area contributed by atoms with Crippen molar-refractivity contribution in [2.75, 3.05) is 52.5 Å². The number of unbranched alkanes of at least 4 members (excludes halogenated alkanes) is 2. The number of hydrogen-bond donors (Lipinski definition) is 3. The van der Waals surface area contributed by atoms with Gasteiger partial charge in [-0.3, -0.25) is 19.3 Å². The molecule has 5 rings (SSSR count). The van der Waals surface area contributed by atoms with Crippen molar-refractivity contribution in [2.45, 2.75) is 56.4 Å². The molecule has 0 saturated carbocycles. The molecule has 4 saturated heterocycles. The van der Waals surface area contributed by atoms with Gasteiger partial charge in [-0.1, -0.05) is 30.3 Å². The van der Waals surface area contributed by atoms with Gasteiger partial charge in [-0.15, -0.1) is 0 Å². The van der Waals surface area contributed by atoms with Gasteiger partial charge < -0.3 is 30.1 Å². The molecule has 10 heteroatoms. The Bertz CT molecular complexity index is 987. The first-order chi connectivity index (χ1) is 18.5. The molecule has 2 bridgehead atoms. The first-order valence-corrected chi connectivity index (χ1v) is 14.0. The van der Waals surface area contributed by atoms with Crippen molar-refractivity contribution in [3.63, 3.8) is 0 Å². The minimum absolute atomic E-state index is 0.0976. The van der Waals surface area contributed by atoms with Crippen molar-refractivity contribution in [1.82, 2.24) is 20.4 Å². The largest absolute Gasteiger partial charge is 0.396 e. The summed E-state index contributed by atoms with van der Waals surface area (Å²) in [5, 5.41) is 15.3. The van der Waals surface area contributed by atoms with Crippen molar-refractivity contribution in [3.8, 4) is 0 Å². The summed E-state index contributed by atoms with van der Waals surface area (Å²) < 4.78 is 11.9. The van der Waals surface area contributed by atoms with Crippen LogP contribution in [-0.2, 0) is 30.4 Å². The molecule has 1 aromatic carbocycles. The van der Waals surface area contributed by atoms with E-state index >= 15 is 0 Å². The molecule has 3 N–H and O–H groups in total. The van der Waals surface area contributed by atoms with Crippen LogP contribution in [0.25, 0.3) is 0 Å². The summed E-state index contributed by atoms with van der Waals surface area (Å²) in [6.07, 6.45) is 2.97. The second-order valence-electron chi connectivity index (χ2n) is 10.8. The van der Waals surface area contributed by atoms with Crippen LogP contribution in [0.15, 0.2) is 30.3 Å². The van der Waals surface area contributed by atoms with Crippen LogP contribution in [0.2, 0.25) is 0 Å². The highest BCUT2D eigenvalue weighted by molar-refractivity contribution is 5.98. The Balaban J connectivity index is 1.30. The molecule has 2 unspecified atom stereocenters. The Labute approximate surface area is 224 Å². The van der Waals surface area contributed by atoms with E-state index in [0.717, 1.165) is 31.6 Å². The lowest BCUT2D eigenvalue weighted by atomic mass is 9.70. The minimum Gasteiger partial charge on any atom is -0.396 e. The first-order valence-electron chi connectivity index (χ1n) is 14.0. The Kier molecular flexibility index (Phi) is 8.62. The Morgan fingerprint density at radius 1 is 1.03 bits per heavy atom. The van der Waals surface area contributed by atoms with E-state index in [2.05, 4.69) is 15.5 Å². The molecular formula is C28H40N4O6. The molecule has 0 radical (unpaired) electrons. The van der Waals surface area contributed by atoms with Gasteiger partial charge >= 0.3 is 0 Å². The number of amides is 3. The van der Waals surface area contributed by atoms with Crippen molar-refractivity contribution < 1.29 is 29.0 Å². The highest BCUT2D eigenvalue weighted by Crippen LogP contribution is 2.58. The minimum atomic E-state index is -0.976. The quantitative estimate of drug-likeness (QED) is 0.334. The lowest BCUT2D eigenvalue weighted by Crippen LogP contribution is -2.56. The molecule has 1 aromatic rings. The number of benzene rings is 1. The van der Waals surface area contributed by atoms with E-state index in [1.165, 1.54) is 0 Å². The third-order valence-corrected chi connectivity index (χ3v) is 8.55. The average Bonchev–Trinajstić information content (AvgIpc) is 3.58. The number of nitrogens with zero attached hydrogens (tertiary/aromatic N) is 2. The summed E-state index contributed by atoms with van der Waals surface area (Å²) in [4.78, 5) is 44.9. The summed E-state index contributed by atoms with van der Waals surface area (Å²) in [5.74, 6) is -1.82. The SMILES string of the molecule is O=C(NCCN1CCOCC1)C1N(CCCCCO)C(=O)[C@@H]2[C@H](C(=O)NCc3ccccc3)[C@@H]3CCC12O3.